The number of nitrogens with zero attached hydrogens (tertiary/aromatic N) is 1. The van der Waals surface area contributed by atoms with E-state index in [2.05, 4.69) is 20.8 Å². The van der Waals surface area contributed by atoms with Crippen LogP contribution in [0.25, 0.3) is 0 Å². The van der Waals surface area contributed by atoms with Gasteiger partial charge in [0.15, 0.2) is 0 Å². The van der Waals surface area contributed by atoms with Crippen molar-refractivity contribution in [2.45, 2.75) is 52.2 Å². The largest absolute Gasteiger partial charge is 0.465 e. The van der Waals surface area contributed by atoms with Gasteiger partial charge in [0, 0.05) is 13.1 Å². The number of likely N-dealkylation sites (tertiary alicyclic amines) is 1. The van der Waals surface area contributed by atoms with E-state index >= 15 is 0 Å². The summed E-state index contributed by atoms with van der Waals surface area (Å²) in [7, 11) is 0. The van der Waals surface area contributed by atoms with E-state index in [1.807, 2.05) is 0 Å². The molecule has 0 radical (unpaired) electrons. The van der Waals surface area contributed by atoms with Gasteiger partial charge in [-0.25, -0.2) is 4.79 Å². The molecule has 1 amide bonds. The Morgan fingerprint density at radius 3 is 2.22 bits per heavy atom. The summed E-state index contributed by atoms with van der Waals surface area (Å²) in [5, 5.41) is 8.97. The number of carbonyl (C=O) groups excluding carboxylic acids is 1. The molecule has 0 aromatic heterocycles. The minimum Gasteiger partial charge on any atom is -0.465 e. The minimum absolute atomic E-state index is 0.130. The molecule has 0 unspecified atom stereocenters. The zero-order chi connectivity index (χ0) is 14.0. The number of amides is 1. The average molecular weight is 257 g/mol. The Morgan fingerprint density at radius 1 is 1.39 bits per heavy atom. The monoisotopic (exact) mass is 257 g/mol. The van der Waals surface area contributed by atoms with Gasteiger partial charge in [-0.1, -0.05) is 20.8 Å². The first-order valence-electron chi connectivity index (χ1n) is 6.33. The number of carbonyl (C=O) groups is 2. The van der Waals surface area contributed by atoms with Gasteiger partial charge >= 0.3 is 6.09 Å². The van der Waals surface area contributed by atoms with Crippen LogP contribution in [0.15, 0.2) is 0 Å². The molecule has 0 aliphatic carbocycles. The highest BCUT2D eigenvalue weighted by molar-refractivity contribution is 5.65. The van der Waals surface area contributed by atoms with E-state index in [-0.39, 0.29) is 5.41 Å². The molecule has 104 valence electrons. The molecule has 0 spiro atoms. The normalized spacial score (nSPS) is 21.4. The summed E-state index contributed by atoms with van der Waals surface area (Å²) < 4.78 is 5.93. The van der Waals surface area contributed by atoms with Crippen molar-refractivity contribution in [2.75, 3.05) is 13.1 Å². The molecule has 18 heavy (non-hydrogen) atoms. The van der Waals surface area contributed by atoms with Crippen molar-refractivity contribution >= 4 is 12.4 Å². The van der Waals surface area contributed by atoms with Crippen LogP contribution in [0.3, 0.4) is 0 Å². The summed E-state index contributed by atoms with van der Waals surface area (Å²) in [6.45, 7) is 8.85. The number of aldehydes is 1. The molecule has 1 aliphatic rings. The smallest absolute Gasteiger partial charge is 0.407 e. The van der Waals surface area contributed by atoms with E-state index in [4.69, 9.17) is 9.84 Å². The van der Waals surface area contributed by atoms with Crippen LogP contribution in [0.4, 0.5) is 4.79 Å². The molecule has 1 fully saturated rings. The van der Waals surface area contributed by atoms with Crippen LogP contribution >= 0.6 is 0 Å². The molecule has 5 nitrogen and oxygen atoms in total. The first kappa shape index (κ1) is 15.0. The molecule has 1 saturated heterocycles. The van der Waals surface area contributed by atoms with Gasteiger partial charge in [-0.3, -0.25) is 0 Å². The van der Waals surface area contributed by atoms with E-state index in [9.17, 15) is 9.59 Å². The summed E-state index contributed by atoms with van der Waals surface area (Å²) in [6, 6.07) is 0. The van der Waals surface area contributed by atoms with E-state index in [1.165, 1.54) is 4.90 Å². The molecular weight excluding hydrogens is 234 g/mol. The highest BCUT2D eigenvalue weighted by Crippen LogP contribution is 2.42. The lowest BCUT2D eigenvalue weighted by Gasteiger charge is -2.49. The number of hydrogen-bond acceptors (Lipinski definition) is 3. The Kier molecular flexibility index (Phi) is 4.37. The number of carboxylic acid groups (broad SMARTS) is 1. The van der Waals surface area contributed by atoms with Gasteiger partial charge in [-0.15, -0.1) is 0 Å². The van der Waals surface area contributed by atoms with Crippen LogP contribution in [0.1, 0.15) is 40.5 Å². The summed E-state index contributed by atoms with van der Waals surface area (Å²) in [5.41, 5.74) is -0.561. The van der Waals surface area contributed by atoms with Crippen LogP contribution in [-0.2, 0) is 9.53 Å². The standard InChI is InChI=1S/C13H23NO4/c1-10(9-15)18-13(12(2,3)4)5-7-14(8-6-13)11(16)17/h9-10H,5-8H2,1-4H3,(H,16,17)/t10-/m0/s1. The van der Waals surface area contributed by atoms with Crippen LogP contribution in [0.2, 0.25) is 0 Å². The zero-order valence-electron chi connectivity index (χ0n) is 11.6. The van der Waals surface area contributed by atoms with Gasteiger partial charge < -0.3 is 19.5 Å². The number of ether oxygens (including phenoxy) is 1. The zero-order valence-corrected chi connectivity index (χ0v) is 11.6. The molecule has 1 atom stereocenters. The lowest BCUT2D eigenvalue weighted by Crippen LogP contribution is -2.55. The second-order valence-electron chi connectivity index (χ2n) is 5.97. The van der Waals surface area contributed by atoms with Crippen molar-refractivity contribution in [1.82, 2.24) is 4.90 Å². The molecule has 0 saturated carbocycles. The second kappa shape index (κ2) is 5.26. The van der Waals surface area contributed by atoms with E-state index < -0.39 is 17.8 Å². The van der Waals surface area contributed by atoms with Crippen molar-refractivity contribution < 1.29 is 19.4 Å². The molecule has 1 rings (SSSR count). The third-order valence-corrected chi connectivity index (χ3v) is 3.81. The van der Waals surface area contributed by atoms with Crippen molar-refractivity contribution in [3.8, 4) is 0 Å². The minimum atomic E-state index is -0.888. The van der Waals surface area contributed by atoms with E-state index in [1.54, 1.807) is 6.92 Å². The quantitative estimate of drug-likeness (QED) is 0.787. The van der Waals surface area contributed by atoms with E-state index in [0.717, 1.165) is 6.29 Å². The molecule has 0 aromatic rings. The maximum absolute atomic E-state index is 10.9. The van der Waals surface area contributed by atoms with Crippen LogP contribution in [0, 0.1) is 5.41 Å². The maximum atomic E-state index is 10.9. The van der Waals surface area contributed by atoms with Crippen molar-refractivity contribution in [3.05, 3.63) is 0 Å². The first-order valence-corrected chi connectivity index (χ1v) is 6.33. The summed E-state index contributed by atoms with van der Waals surface area (Å²) in [6.07, 6.45) is 0.695. The third-order valence-electron chi connectivity index (χ3n) is 3.81. The predicted molar refractivity (Wildman–Crippen MR) is 67.6 cm³/mol. The molecule has 1 aliphatic heterocycles. The molecule has 1 N–H and O–H groups in total. The Hall–Kier alpha value is -1.10. The third kappa shape index (κ3) is 3.02. The lowest BCUT2D eigenvalue weighted by molar-refractivity contribution is -0.172. The highest BCUT2D eigenvalue weighted by Gasteiger charge is 2.46. The molecule has 0 aromatic carbocycles. The summed E-state index contributed by atoms with van der Waals surface area (Å²) in [4.78, 5) is 23.1. The average Bonchev–Trinajstić information content (AvgIpc) is 2.28. The predicted octanol–water partition coefficient (Wildman–Crippen LogP) is 2.15. The van der Waals surface area contributed by atoms with Gasteiger partial charge in [0.2, 0.25) is 0 Å². The SMILES string of the molecule is C[C@@H](C=O)OC1(C(C)(C)C)CCN(C(=O)O)CC1. The highest BCUT2D eigenvalue weighted by atomic mass is 16.5. The Morgan fingerprint density at radius 2 is 1.89 bits per heavy atom. The topological polar surface area (TPSA) is 66.8 Å². The van der Waals surface area contributed by atoms with Crippen molar-refractivity contribution in [3.63, 3.8) is 0 Å². The first-order chi connectivity index (χ1) is 8.22. The second-order valence-corrected chi connectivity index (χ2v) is 5.97. The molecule has 0 bridgehead atoms. The van der Waals surface area contributed by atoms with Gasteiger partial charge in [-0.2, -0.15) is 0 Å². The van der Waals surface area contributed by atoms with Crippen molar-refractivity contribution in [1.29, 1.82) is 0 Å². The van der Waals surface area contributed by atoms with Gasteiger partial charge in [0.05, 0.1) is 5.60 Å². The fourth-order valence-electron chi connectivity index (χ4n) is 2.49. The Balaban J connectivity index is 2.83. The van der Waals surface area contributed by atoms with Crippen LogP contribution < -0.4 is 0 Å². The maximum Gasteiger partial charge on any atom is 0.407 e. The molecule has 1 heterocycles. The summed E-state index contributed by atoms with van der Waals surface area (Å²) in [5.74, 6) is 0. The fraction of sp³-hybridized carbons (Fsp3) is 0.846. The Labute approximate surface area is 108 Å². The molecular formula is C13H23NO4. The van der Waals surface area contributed by atoms with Crippen LogP contribution in [-0.4, -0.2) is 47.2 Å². The number of piperidine rings is 1. The molecule has 5 heteroatoms. The van der Waals surface area contributed by atoms with Gasteiger partial charge in [-0.05, 0) is 25.2 Å². The fourth-order valence-corrected chi connectivity index (χ4v) is 2.49. The van der Waals surface area contributed by atoms with Gasteiger partial charge in [0.1, 0.15) is 12.4 Å². The Bertz CT molecular complexity index is 313. The van der Waals surface area contributed by atoms with E-state index in [0.29, 0.717) is 25.9 Å². The number of hydrogen-bond donors (Lipinski definition) is 1. The van der Waals surface area contributed by atoms with Crippen LogP contribution in [0.5, 0.6) is 0 Å². The van der Waals surface area contributed by atoms with Crippen molar-refractivity contribution in [2.24, 2.45) is 5.41 Å². The number of rotatable bonds is 3. The summed E-state index contributed by atoms with van der Waals surface area (Å²) >= 11 is 0. The van der Waals surface area contributed by atoms with Gasteiger partial charge in [0.25, 0.3) is 0 Å². The lowest BCUT2D eigenvalue weighted by atomic mass is 9.70.